The van der Waals surface area contributed by atoms with E-state index in [1.165, 1.54) is 24.6 Å². The minimum atomic E-state index is -3.89. The zero-order valence-electron chi connectivity index (χ0n) is 21.4. The molecule has 0 radical (unpaired) electrons. The second-order valence-corrected chi connectivity index (χ2v) is 11.2. The fraction of sp³-hybridized carbons (Fsp3) is 0.423. The standard InChI is InChI=1S/C26H32N4O6S/c1-17(2)26-28-24(29-36-26)14-18-7-9-20(10-8-18)27-25(31)19-6-5-13-30(16-19)37(32,33)23-15-21(34-3)11-12-22(23)35-4/h7-12,15,17,19H,5-6,13-14,16H2,1-4H3,(H,27,31). The van der Waals surface area contributed by atoms with Crippen molar-refractivity contribution in [3.8, 4) is 11.5 Å². The number of methoxy groups -OCH3 is 2. The summed E-state index contributed by atoms with van der Waals surface area (Å²) in [6.07, 6.45) is 1.69. The van der Waals surface area contributed by atoms with Gasteiger partial charge >= 0.3 is 0 Å². The Morgan fingerprint density at radius 3 is 2.57 bits per heavy atom. The molecule has 4 rings (SSSR count). The Labute approximate surface area is 217 Å². The number of ether oxygens (including phenoxy) is 2. The molecule has 0 saturated carbocycles. The van der Waals surface area contributed by atoms with Crippen LogP contribution in [-0.2, 0) is 21.2 Å². The summed E-state index contributed by atoms with van der Waals surface area (Å²) in [5.41, 5.74) is 1.62. The number of carbonyl (C=O) groups is 1. The van der Waals surface area contributed by atoms with Gasteiger partial charge in [0.25, 0.3) is 0 Å². The molecule has 1 atom stereocenters. The smallest absolute Gasteiger partial charge is 0.246 e. The lowest BCUT2D eigenvalue weighted by atomic mass is 9.98. The third-order valence-corrected chi connectivity index (χ3v) is 8.19. The maximum Gasteiger partial charge on any atom is 0.246 e. The monoisotopic (exact) mass is 528 g/mol. The Hall–Kier alpha value is -3.44. The number of hydrogen-bond donors (Lipinski definition) is 1. The number of benzene rings is 2. The van der Waals surface area contributed by atoms with Crippen LogP contribution in [0, 0.1) is 5.92 Å². The van der Waals surface area contributed by atoms with Crippen molar-refractivity contribution in [1.29, 1.82) is 0 Å². The normalized spacial score (nSPS) is 16.5. The topological polar surface area (TPSA) is 124 Å². The van der Waals surface area contributed by atoms with Crippen molar-refractivity contribution < 1.29 is 27.2 Å². The van der Waals surface area contributed by atoms with Crippen LogP contribution in [0.3, 0.4) is 0 Å². The van der Waals surface area contributed by atoms with Crippen molar-refractivity contribution >= 4 is 21.6 Å². The summed E-state index contributed by atoms with van der Waals surface area (Å²) in [6.45, 7) is 4.40. The van der Waals surface area contributed by atoms with Gasteiger partial charge in [-0.1, -0.05) is 31.1 Å². The highest BCUT2D eigenvalue weighted by Gasteiger charge is 2.35. The summed E-state index contributed by atoms with van der Waals surface area (Å²) in [6, 6.07) is 12.1. The largest absolute Gasteiger partial charge is 0.497 e. The highest BCUT2D eigenvalue weighted by molar-refractivity contribution is 7.89. The number of anilines is 1. The molecule has 1 aliphatic heterocycles. The lowest BCUT2D eigenvalue weighted by Gasteiger charge is -2.31. The Bertz CT molecular complexity index is 1340. The van der Waals surface area contributed by atoms with Crippen molar-refractivity contribution in [2.24, 2.45) is 5.92 Å². The SMILES string of the molecule is COc1ccc(OC)c(S(=O)(=O)N2CCCC(C(=O)Nc3ccc(Cc4noc(C(C)C)n4)cc3)C2)c1. The zero-order valence-corrected chi connectivity index (χ0v) is 22.2. The molecule has 11 heteroatoms. The van der Waals surface area contributed by atoms with Gasteiger partial charge in [0.15, 0.2) is 5.82 Å². The van der Waals surface area contributed by atoms with Crippen LogP contribution in [0.1, 0.15) is 49.9 Å². The van der Waals surface area contributed by atoms with Crippen LogP contribution in [0.5, 0.6) is 11.5 Å². The highest BCUT2D eigenvalue weighted by Crippen LogP contribution is 2.33. The third-order valence-electron chi connectivity index (χ3n) is 6.30. The van der Waals surface area contributed by atoms with Gasteiger partial charge in [-0.25, -0.2) is 8.42 Å². The van der Waals surface area contributed by atoms with Gasteiger partial charge in [0.1, 0.15) is 16.4 Å². The molecule has 1 unspecified atom stereocenters. The molecule has 1 amide bonds. The number of amides is 1. The molecule has 0 aliphatic carbocycles. The first-order valence-electron chi connectivity index (χ1n) is 12.2. The van der Waals surface area contributed by atoms with Crippen LogP contribution >= 0.6 is 0 Å². The summed E-state index contributed by atoms with van der Waals surface area (Å²) in [4.78, 5) is 17.4. The van der Waals surface area contributed by atoms with Crippen LogP contribution in [-0.4, -0.2) is 56.1 Å². The molecule has 2 aromatic carbocycles. The number of nitrogens with one attached hydrogen (secondary N) is 1. The molecule has 1 fully saturated rings. The molecule has 10 nitrogen and oxygen atoms in total. The van der Waals surface area contributed by atoms with E-state index in [1.807, 2.05) is 38.1 Å². The minimum Gasteiger partial charge on any atom is -0.497 e. The molecule has 0 bridgehead atoms. The molecule has 3 aromatic rings. The Balaban J connectivity index is 1.41. The quantitative estimate of drug-likeness (QED) is 0.444. The molecule has 1 saturated heterocycles. The van der Waals surface area contributed by atoms with E-state index < -0.39 is 15.9 Å². The van der Waals surface area contributed by atoms with E-state index in [-0.39, 0.29) is 29.0 Å². The maximum absolute atomic E-state index is 13.4. The van der Waals surface area contributed by atoms with Gasteiger partial charge in [0, 0.05) is 37.2 Å². The van der Waals surface area contributed by atoms with Crippen molar-refractivity contribution in [2.75, 3.05) is 32.6 Å². The van der Waals surface area contributed by atoms with Gasteiger partial charge in [-0.2, -0.15) is 9.29 Å². The molecule has 1 N–H and O–H groups in total. The van der Waals surface area contributed by atoms with Crippen LogP contribution in [0.25, 0.3) is 0 Å². The predicted molar refractivity (Wildman–Crippen MR) is 137 cm³/mol. The first-order chi connectivity index (χ1) is 17.7. The summed E-state index contributed by atoms with van der Waals surface area (Å²) in [7, 11) is -0.995. The van der Waals surface area contributed by atoms with Crippen LogP contribution < -0.4 is 14.8 Å². The van der Waals surface area contributed by atoms with Gasteiger partial charge in [0.05, 0.1) is 20.1 Å². The average molecular weight is 529 g/mol. The average Bonchev–Trinajstić information content (AvgIpc) is 3.38. The maximum atomic E-state index is 13.4. The lowest BCUT2D eigenvalue weighted by Crippen LogP contribution is -2.43. The van der Waals surface area contributed by atoms with E-state index in [0.29, 0.717) is 49.0 Å². The van der Waals surface area contributed by atoms with E-state index in [2.05, 4.69) is 15.5 Å². The zero-order chi connectivity index (χ0) is 26.6. The second-order valence-electron chi connectivity index (χ2n) is 9.29. The molecule has 37 heavy (non-hydrogen) atoms. The first kappa shape index (κ1) is 26.6. The van der Waals surface area contributed by atoms with E-state index >= 15 is 0 Å². The fourth-order valence-corrected chi connectivity index (χ4v) is 5.90. The summed E-state index contributed by atoms with van der Waals surface area (Å²) in [5, 5.41) is 6.93. The number of sulfonamides is 1. The number of nitrogens with zero attached hydrogens (tertiary/aromatic N) is 3. The van der Waals surface area contributed by atoms with Crippen LogP contribution in [0.2, 0.25) is 0 Å². The number of aromatic nitrogens is 2. The molecule has 2 heterocycles. The van der Waals surface area contributed by atoms with Crippen LogP contribution in [0.15, 0.2) is 51.9 Å². The summed E-state index contributed by atoms with van der Waals surface area (Å²) >= 11 is 0. The Morgan fingerprint density at radius 2 is 1.92 bits per heavy atom. The van der Waals surface area contributed by atoms with E-state index in [4.69, 9.17) is 14.0 Å². The summed E-state index contributed by atoms with van der Waals surface area (Å²) < 4.78 is 43.9. The van der Waals surface area contributed by atoms with Gasteiger partial charge < -0.3 is 19.3 Å². The number of rotatable bonds is 9. The fourth-order valence-electron chi connectivity index (χ4n) is 4.21. The van der Waals surface area contributed by atoms with E-state index in [0.717, 1.165) is 5.56 Å². The second kappa shape index (κ2) is 11.3. The van der Waals surface area contributed by atoms with E-state index in [9.17, 15) is 13.2 Å². The number of piperidine rings is 1. The van der Waals surface area contributed by atoms with Gasteiger partial charge in [0.2, 0.25) is 21.8 Å². The Morgan fingerprint density at radius 1 is 1.16 bits per heavy atom. The Kier molecular flexibility index (Phi) is 8.13. The van der Waals surface area contributed by atoms with Gasteiger partial charge in [-0.3, -0.25) is 4.79 Å². The predicted octanol–water partition coefficient (Wildman–Crippen LogP) is 3.84. The summed E-state index contributed by atoms with van der Waals surface area (Å²) in [5.74, 6) is 1.33. The molecular weight excluding hydrogens is 496 g/mol. The van der Waals surface area contributed by atoms with Crippen molar-refractivity contribution in [3.05, 3.63) is 59.7 Å². The molecule has 1 aromatic heterocycles. The highest BCUT2D eigenvalue weighted by atomic mass is 32.2. The first-order valence-corrected chi connectivity index (χ1v) is 13.6. The molecular formula is C26H32N4O6S. The van der Waals surface area contributed by atoms with Crippen molar-refractivity contribution in [1.82, 2.24) is 14.4 Å². The van der Waals surface area contributed by atoms with Gasteiger partial charge in [-0.05, 0) is 42.7 Å². The van der Waals surface area contributed by atoms with E-state index in [1.54, 1.807) is 12.1 Å². The molecule has 1 aliphatic rings. The molecule has 198 valence electrons. The molecule has 0 spiro atoms. The number of hydrogen-bond acceptors (Lipinski definition) is 8. The lowest BCUT2D eigenvalue weighted by molar-refractivity contribution is -0.120. The van der Waals surface area contributed by atoms with Gasteiger partial charge in [-0.15, -0.1) is 0 Å². The van der Waals surface area contributed by atoms with Crippen LogP contribution in [0.4, 0.5) is 5.69 Å². The van der Waals surface area contributed by atoms with Crippen molar-refractivity contribution in [3.63, 3.8) is 0 Å². The van der Waals surface area contributed by atoms with Crippen molar-refractivity contribution in [2.45, 2.75) is 43.9 Å². The minimum absolute atomic E-state index is 0.0214. The third kappa shape index (κ3) is 6.11. The number of carbonyl (C=O) groups excluding carboxylic acids is 1.